The maximum absolute atomic E-state index is 12.4. The Morgan fingerprint density at radius 3 is 2.57 bits per heavy atom. The first-order valence-corrected chi connectivity index (χ1v) is 7.71. The van der Waals surface area contributed by atoms with E-state index in [4.69, 9.17) is 44.0 Å². The van der Waals surface area contributed by atoms with Crippen molar-refractivity contribution in [3.8, 4) is 5.75 Å². The zero-order valence-corrected chi connectivity index (χ0v) is 13.7. The number of hydrogen-bond donors (Lipinski definition) is 0. The van der Waals surface area contributed by atoms with Crippen LogP contribution in [0.25, 0.3) is 11.0 Å². The third-order valence-corrected chi connectivity index (χ3v) is 4.60. The molecule has 2 aromatic heterocycles. The van der Waals surface area contributed by atoms with Crippen molar-refractivity contribution in [2.75, 3.05) is 7.11 Å². The zero-order valence-electron chi connectivity index (χ0n) is 10.6. The van der Waals surface area contributed by atoms with Gasteiger partial charge in [-0.05, 0) is 18.2 Å². The molecule has 0 amide bonds. The Labute approximate surface area is 139 Å². The van der Waals surface area contributed by atoms with Crippen molar-refractivity contribution in [3.05, 3.63) is 49.3 Å². The summed E-state index contributed by atoms with van der Waals surface area (Å²) < 4.78 is 11.6. The summed E-state index contributed by atoms with van der Waals surface area (Å²) in [5, 5.41) is 1.18. The first-order chi connectivity index (χ1) is 9.99. The molecule has 0 aliphatic rings. The van der Waals surface area contributed by atoms with Crippen LogP contribution in [0, 0.1) is 0 Å². The van der Waals surface area contributed by atoms with Gasteiger partial charge in [0.25, 0.3) is 0 Å². The van der Waals surface area contributed by atoms with Crippen molar-refractivity contribution < 1.29 is 13.9 Å². The topological polar surface area (TPSA) is 39.4 Å². The summed E-state index contributed by atoms with van der Waals surface area (Å²) in [6, 6.07) is 6.44. The molecule has 0 unspecified atom stereocenters. The van der Waals surface area contributed by atoms with Gasteiger partial charge in [-0.1, -0.05) is 34.8 Å². The van der Waals surface area contributed by atoms with Crippen molar-refractivity contribution in [1.82, 2.24) is 0 Å². The normalized spacial score (nSPS) is 11.0. The van der Waals surface area contributed by atoms with Crippen LogP contribution in [0.2, 0.25) is 13.7 Å². The Bertz CT molecular complexity index is 851. The van der Waals surface area contributed by atoms with Gasteiger partial charge in [0.15, 0.2) is 17.1 Å². The van der Waals surface area contributed by atoms with Crippen LogP contribution in [-0.2, 0) is 0 Å². The smallest absolute Gasteiger partial charge is 0.230 e. The van der Waals surface area contributed by atoms with E-state index in [0.29, 0.717) is 36.0 Å². The minimum Gasteiger partial charge on any atom is -0.493 e. The van der Waals surface area contributed by atoms with E-state index < -0.39 is 0 Å². The van der Waals surface area contributed by atoms with Gasteiger partial charge in [-0.25, -0.2) is 0 Å². The van der Waals surface area contributed by atoms with E-state index >= 15 is 0 Å². The summed E-state index contributed by atoms with van der Waals surface area (Å²) in [7, 11) is 1.50. The van der Waals surface area contributed by atoms with Crippen LogP contribution < -0.4 is 4.74 Å². The predicted molar refractivity (Wildman–Crippen MR) is 85.5 cm³/mol. The number of hydrogen-bond acceptors (Lipinski definition) is 4. The van der Waals surface area contributed by atoms with E-state index in [2.05, 4.69) is 0 Å². The van der Waals surface area contributed by atoms with Crippen molar-refractivity contribution in [2.45, 2.75) is 0 Å². The molecule has 0 fully saturated rings. The van der Waals surface area contributed by atoms with E-state index in [1.165, 1.54) is 13.2 Å². The van der Waals surface area contributed by atoms with Gasteiger partial charge >= 0.3 is 0 Å². The van der Waals surface area contributed by atoms with Crippen molar-refractivity contribution in [3.63, 3.8) is 0 Å². The highest BCUT2D eigenvalue weighted by Gasteiger charge is 2.21. The van der Waals surface area contributed by atoms with Crippen molar-refractivity contribution in [1.29, 1.82) is 0 Å². The molecule has 3 rings (SSSR count). The predicted octanol–water partition coefficient (Wildman–Crippen LogP) is 5.69. The number of fused-ring (bicyclic) bond motifs is 1. The minimum absolute atomic E-state index is 0.155. The molecule has 0 bridgehead atoms. The van der Waals surface area contributed by atoms with Crippen LogP contribution in [0.15, 0.2) is 28.7 Å². The van der Waals surface area contributed by atoms with Crippen LogP contribution in [0.3, 0.4) is 0 Å². The van der Waals surface area contributed by atoms with E-state index in [9.17, 15) is 4.79 Å². The van der Waals surface area contributed by atoms with Gasteiger partial charge in [-0.2, -0.15) is 0 Å². The lowest BCUT2D eigenvalue weighted by atomic mass is 10.1. The Balaban J connectivity index is 2.13. The van der Waals surface area contributed by atoms with Crippen molar-refractivity contribution >= 4 is 62.9 Å². The molecule has 0 aliphatic heterocycles. The highest BCUT2D eigenvalue weighted by atomic mass is 35.5. The number of rotatable bonds is 3. The molecule has 7 heteroatoms. The maximum Gasteiger partial charge on any atom is 0.230 e. The molecule has 2 heterocycles. The molecule has 3 nitrogen and oxygen atoms in total. The van der Waals surface area contributed by atoms with E-state index in [0.717, 1.165) is 11.3 Å². The lowest BCUT2D eigenvalue weighted by Gasteiger charge is -2.00. The van der Waals surface area contributed by atoms with Gasteiger partial charge in [0, 0.05) is 16.5 Å². The number of furan rings is 1. The first kappa shape index (κ1) is 14.7. The Kier molecular flexibility index (Phi) is 3.88. The molecular weight excluding hydrogens is 355 g/mol. The molecule has 21 heavy (non-hydrogen) atoms. The number of benzene rings is 1. The number of methoxy groups -OCH3 is 1. The number of halogens is 3. The maximum atomic E-state index is 12.4. The molecule has 0 spiro atoms. The third kappa shape index (κ3) is 2.64. The monoisotopic (exact) mass is 360 g/mol. The van der Waals surface area contributed by atoms with E-state index in [1.54, 1.807) is 18.2 Å². The third-order valence-electron chi connectivity index (χ3n) is 2.89. The second kappa shape index (κ2) is 5.54. The fraction of sp³-hybridized carbons (Fsp3) is 0.0714. The molecule has 0 aliphatic carbocycles. The summed E-state index contributed by atoms with van der Waals surface area (Å²) in [6.07, 6.45) is 0. The Morgan fingerprint density at radius 1 is 1.19 bits per heavy atom. The summed E-state index contributed by atoms with van der Waals surface area (Å²) >= 11 is 19.0. The number of thiophene rings is 1. The van der Waals surface area contributed by atoms with Crippen LogP contribution >= 0.6 is 46.1 Å². The Morgan fingerprint density at radius 2 is 1.95 bits per heavy atom. The first-order valence-electron chi connectivity index (χ1n) is 5.76. The standard InChI is InChI=1S/C14H7Cl3O3S/c1-19-10-4-7(15)2-6-3-9(20-13(6)10)12(18)8-5-11(16)21-14(8)17/h2-5H,1H3. The van der Waals surface area contributed by atoms with Gasteiger partial charge in [0.1, 0.15) is 4.34 Å². The van der Waals surface area contributed by atoms with E-state index in [1.807, 2.05) is 0 Å². The molecule has 0 saturated heterocycles. The second-order valence-corrected chi connectivity index (χ2v) is 6.93. The summed E-state index contributed by atoms with van der Waals surface area (Å²) in [6.45, 7) is 0. The summed E-state index contributed by atoms with van der Waals surface area (Å²) in [4.78, 5) is 12.4. The number of ketones is 1. The van der Waals surface area contributed by atoms with Gasteiger partial charge in [-0.15, -0.1) is 11.3 Å². The minimum atomic E-state index is -0.336. The molecule has 1 aromatic carbocycles. The number of carbonyl (C=O) groups is 1. The fourth-order valence-electron chi connectivity index (χ4n) is 1.98. The van der Waals surface area contributed by atoms with Crippen LogP contribution in [-0.4, -0.2) is 12.9 Å². The fourth-order valence-corrected chi connectivity index (χ4v) is 3.65. The van der Waals surface area contributed by atoms with E-state index in [-0.39, 0.29) is 11.5 Å². The van der Waals surface area contributed by atoms with Crippen LogP contribution in [0.1, 0.15) is 16.1 Å². The van der Waals surface area contributed by atoms with Gasteiger partial charge < -0.3 is 9.15 Å². The van der Waals surface area contributed by atoms with Gasteiger partial charge in [-0.3, -0.25) is 4.79 Å². The molecule has 0 atom stereocenters. The Hall–Kier alpha value is -1.20. The zero-order chi connectivity index (χ0) is 15.1. The SMILES string of the molecule is COc1cc(Cl)cc2cc(C(=O)c3cc(Cl)sc3Cl)oc12. The van der Waals surface area contributed by atoms with Crippen LogP contribution in [0.4, 0.5) is 0 Å². The average Bonchev–Trinajstić information content (AvgIpc) is 3.00. The number of ether oxygens (including phenoxy) is 1. The molecular formula is C14H7Cl3O3S. The van der Waals surface area contributed by atoms with Gasteiger partial charge in [0.05, 0.1) is 17.0 Å². The molecule has 0 saturated carbocycles. The molecule has 0 N–H and O–H groups in total. The highest BCUT2D eigenvalue weighted by Crippen LogP contribution is 2.36. The largest absolute Gasteiger partial charge is 0.493 e. The van der Waals surface area contributed by atoms with Gasteiger partial charge in [0.2, 0.25) is 5.78 Å². The quantitative estimate of drug-likeness (QED) is 0.562. The van der Waals surface area contributed by atoms with Crippen molar-refractivity contribution in [2.24, 2.45) is 0 Å². The lowest BCUT2D eigenvalue weighted by Crippen LogP contribution is -1.97. The molecule has 0 radical (unpaired) electrons. The number of carbonyl (C=O) groups excluding carboxylic acids is 1. The molecule has 3 aromatic rings. The second-order valence-electron chi connectivity index (χ2n) is 4.20. The average molecular weight is 362 g/mol. The lowest BCUT2D eigenvalue weighted by molar-refractivity contribution is 0.101. The summed E-state index contributed by atoms with van der Waals surface area (Å²) in [5.74, 6) is 0.283. The van der Waals surface area contributed by atoms with Crippen LogP contribution in [0.5, 0.6) is 5.75 Å². The highest BCUT2D eigenvalue weighted by molar-refractivity contribution is 7.20. The summed E-state index contributed by atoms with van der Waals surface area (Å²) in [5.41, 5.74) is 0.776. The molecule has 108 valence electrons.